The van der Waals surface area contributed by atoms with Crippen molar-refractivity contribution < 1.29 is 4.39 Å². The molecule has 2 aromatic rings. The minimum Gasteiger partial charge on any atom is -0.346 e. The van der Waals surface area contributed by atoms with Gasteiger partial charge in [0.1, 0.15) is 11.6 Å². The number of hydrogen-bond acceptors (Lipinski definition) is 2. The van der Waals surface area contributed by atoms with E-state index in [2.05, 4.69) is 15.3 Å². The first kappa shape index (κ1) is 12.8. The lowest BCUT2D eigenvalue weighted by atomic mass is 10.1. The Labute approximate surface area is 106 Å². The van der Waals surface area contributed by atoms with E-state index < -0.39 is 0 Å². The molecule has 1 heterocycles. The molecule has 0 bridgehead atoms. The van der Waals surface area contributed by atoms with Gasteiger partial charge in [-0.3, -0.25) is 0 Å². The summed E-state index contributed by atoms with van der Waals surface area (Å²) < 4.78 is 13.2. The van der Waals surface area contributed by atoms with Gasteiger partial charge in [0.15, 0.2) is 0 Å². The van der Waals surface area contributed by atoms with Crippen molar-refractivity contribution in [2.45, 2.75) is 19.8 Å². The Morgan fingerprint density at radius 3 is 2.94 bits per heavy atom. The fraction of sp³-hybridized carbons (Fsp3) is 0.357. The average Bonchev–Trinajstić information content (AvgIpc) is 2.71. The largest absolute Gasteiger partial charge is 0.346 e. The second-order valence-corrected chi connectivity index (χ2v) is 4.37. The van der Waals surface area contributed by atoms with Gasteiger partial charge in [0.25, 0.3) is 0 Å². The van der Waals surface area contributed by atoms with Gasteiger partial charge in [0.05, 0.1) is 5.69 Å². The number of imidazole rings is 1. The smallest absolute Gasteiger partial charge is 0.123 e. The molecule has 0 amide bonds. The molecule has 0 saturated heterocycles. The molecule has 4 heteroatoms. The first-order valence-corrected chi connectivity index (χ1v) is 6.16. The molecule has 0 aliphatic rings. The Morgan fingerprint density at radius 2 is 2.22 bits per heavy atom. The van der Waals surface area contributed by atoms with Crippen molar-refractivity contribution in [1.82, 2.24) is 15.3 Å². The standard InChI is InChI=1S/C14H18FN3/c1-10-14(11-5-3-6-12(15)9-11)18-13(17-10)7-4-8-16-2/h3,5-6,9,16H,4,7-8H2,1-2H3,(H,17,18). The van der Waals surface area contributed by atoms with Crippen LogP contribution in [0.25, 0.3) is 11.3 Å². The summed E-state index contributed by atoms with van der Waals surface area (Å²) in [6.07, 6.45) is 1.93. The number of nitrogens with zero attached hydrogens (tertiary/aromatic N) is 1. The Bertz CT molecular complexity index is 520. The van der Waals surface area contributed by atoms with Crippen LogP contribution in [0.15, 0.2) is 24.3 Å². The quantitative estimate of drug-likeness (QED) is 0.797. The predicted octanol–water partition coefficient (Wildman–Crippen LogP) is 2.68. The molecule has 0 aliphatic carbocycles. The number of hydrogen-bond donors (Lipinski definition) is 2. The first-order chi connectivity index (χ1) is 8.70. The van der Waals surface area contributed by atoms with E-state index in [0.717, 1.165) is 42.2 Å². The van der Waals surface area contributed by atoms with Crippen molar-refractivity contribution in [2.75, 3.05) is 13.6 Å². The van der Waals surface area contributed by atoms with Crippen molar-refractivity contribution in [2.24, 2.45) is 0 Å². The van der Waals surface area contributed by atoms with E-state index in [1.165, 1.54) is 12.1 Å². The lowest BCUT2D eigenvalue weighted by molar-refractivity contribution is 0.628. The Kier molecular flexibility index (Phi) is 4.10. The number of nitrogens with one attached hydrogen (secondary N) is 2. The van der Waals surface area contributed by atoms with E-state index in [1.807, 2.05) is 20.0 Å². The third kappa shape index (κ3) is 2.96. The second kappa shape index (κ2) is 5.78. The molecule has 0 aliphatic heterocycles. The first-order valence-electron chi connectivity index (χ1n) is 6.16. The van der Waals surface area contributed by atoms with Gasteiger partial charge in [-0.1, -0.05) is 12.1 Å². The normalized spacial score (nSPS) is 10.8. The maximum atomic E-state index is 13.2. The number of rotatable bonds is 5. The van der Waals surface area contributed by atoms with Crippen LogP contribution in [0.3, 0.4) is 0 Å². The summed E-state index contributed by atoms with van der Waals surface area (Å²) in [7, 11) is 1.94. The topological polar surface area (TPSA) is 40.7 Å². The van der Waals surface area contributed by atoms with Gasteiger partial charge in [-0.2, -0.15) is 0 Å². The molecule has 0 unspecified atom stereocenters. The van der Waals surface area contributed by atoms with Crippen molar-refractivity contribution in [3.8, 4) is 11.3 Å². The molecular formula is C14H18FN3. The summed E-state index contributed by atoms with van der Waals surface area (Å²) in [6.45, 7) is 2.93. The van der Waals surface area contributed by atoms with Crippen LogP contribution in [-0.2, 0) is 6.42 Å². The van der Waals surface area contributed by atoms with E-state index in [0.29, 0.717) is 0 Å². The zero-order valence-electron chi connectivity index (χ0n) is 10.8. The summed E-state index contributed by atoms with van der Waals surface area (Å²) in [6, 6.07) is 6.54. The second-order valence-electron chi connectivity index (χ2n) is 4.37. The number of benzene rings is 1. The van der Waals surface area contributed by atoms with Gasteiger partial charge < -0.3 is 10.3 Å². The van der Waals surface area contributed by atoms with E-state index in [1.54, 1.807) is 6.07 Å². The molecule has 0 fully saturated rings. The Hall–Kier alpha value is -1.68. The number of aromatic amines is 1. The molecule has 3 nitrogen and oxygen atoms in total. The molecule has 18 heavy (non-hydrogen) atoms. The fourth-order valence-electron chi connectivity index (χ4n) is 1.99. The minimum atomic E-state index is -0.230. The number of H-pyrrole nitrogens is 1. The number of halogens is 1. The highest BCUT2D eigenvalue weighted by Gasteiger charge is 2.09. The third-order valence-electron chi connectivity index (χ3n) is 2.87. The van der Waals surface area contributed by atoms with Crippen LogP contribution in [0, 0.1) is 12.7 Å². The zero-order chi connectivity index (χ0) is 13.0. The molecule has 2 rings (SSSR count). The molecular weight excluding hydrogens is 229 g/mol. The van der Waals surface area contributed by atoms with E-state index in [4.69, 9.17) is 0 Å². The van der Waals surface area contributed by atoms with Gasteiger partial charge in [0, 0.05) is 17.7 Å². The van der Waals surface area contributed by atoms with E-state index >= 15 is 0 Å². The molecule has 1 aromatic carbocycles. The average molecular weight is 247 g/mol. The number of aryl methyl sites for hydroxylation is 2. The summed E-state index contributed by atoms with van der Waals surface area (Å²) in [5.41, 5.74) is 2.65. The maximum absolute atomic E-state index is 13.2. The van der Waals surface area contributed by atoms with E-state index in [-0.39, 0.29) is 5.82 Å². The highest BCUT2D eigenvalue weighted by Crippen LogP contribution is 2.22. The summed E-state index contributed by atoms with van der Waals surface area (Å²) in [5, 5.41) is 3.11. The summed E-state index contributed by atoms with van der Waals surface area (Å²) >= 11 is 0. The molecule has 0 radical (unpaired) electrons. The lowest BCUT2D eigenvalue weighted by Crippen LogP contribution is -2.08. The van der Waals surface area contributed by atoms with Crippen molar-refractivity contribution >= 4 is 0 Å². The van der Waals surface area contributed by atoms with Crippen molar-refractivity contribution in [3.05, 3.63) is 41.6 Å². The van der Waals surface area contributed by atoms with Crippen LogP contribution >= 0.6 is 0 Å². The zero-order valence-corrected chi connectivity index (χ0v) is 10.8. The van der Waals surface area contributed by atoms with Gasteiger partial charge in [-0.15, -0.1) is 0 Å². The van der Waals surface area contributed by atoms with Crippen molar-refractivity contribution in [1.29, 1.82) is 0 Å². The molecule has 96 valence electrons. The van der Waals surface area contributed by atoms with Crippen LogP contribution in [-0.4, -0.2) is 23.6 Å². The molecule has 0 saturated carbocycles. The SMILES string of the molecule is CNCCCc1nc(-c2cccc(F)c2)c(C)[nH]1. The molecule has 1 aromatic heterocycles. The van der Waals surface area contributed by atoms with Crippen LogP contribution in [0.5, 0.6) is 0 Å². The van der Waals surface area contributed by atoms with Crippen LogP contribution < -0.4 is 5.32 Å². The van der Waals surface area contributed by atoms with Crippen LogP contribution in [0.4, 0.5) is 4.39 Å². The molecule has 0 atom stereocenters. The summed E-state index contributed by atoms with van der Waals surface area (Å²) in [4.78, 5) is 7.80. The number of aromatic nitrogens is 2. The highest BCUT2D eigenvalue weighted by molar-refractivity contribution is 5.61. The van der Waals surface area contributed by atoms with Gasteiger partial charge in [-0.25, -0.2) is 9.37 Å². The van der Waals surface area contributed by atoms with Gasteiger partial charge in [-0.05, 0) is 39.1 Å². The fourth-order valence-corrected chi connectivity index (χ4v) is 1.99. The summed E-state index contributed by atoms with van der Waals surface area (Å²) in [5.74, 6) is 0.730. The van der Waals surface area contributed by atoms with Gasteiger partial charge >= 0.3 is 0 Å². The lowest BCUT2D eigenvalue weighted by Gasteiger charge is -1.98. The van der Waals surface area contributed by atoms with Crippen molar-refractivity contribution in [3.63, 3.8) is 0 Å². The maximum Gasteiger partial charge on any atom is 0.123 e. The highest BCUT2D eigenvalue weighted by atomic mass is 19.1. The Balaban J connectivity index is 2.18. The van der Waals surface area contributed by atoms with Crippen LogP contribution in [0.1, 0.15) is 17.9 Å². The van der Waals surface area contributed by atoms with Gasteiger partial charge in [0.2, 0.25) is 0 Å². The monoisotopic (exact) mass is 247 g/mol. The predicted molar refractivity (Wildman–Crippen MR) is 71.0 cm³/mol. The molecule has 2 N–H and O–H groups in total. The minimum absolute atomic E-state index is 0.230. The Morgan fingerprint density at radius 1 is 1.39 bits per heavy atom. The third-order valence-corrected chi connectivity index (χ3v) is 2.87. The van der Waals surface area contributed by atoms with Crippen LogP contribution in [0.2, 0.25) is 0 Å². The van der Waals surface area contributed by atoms with E-state index in [9.17, 15) is 4.39 Å². The molecule has 0 spiro atoms.